The molecule has 2 heterocycles. The second-order valence-electron chi connectivity index (χ2n) is 5.55. The molecule has 4 heteroatoms. The van der Waals surface area contributed by atoms with Crippen molar-refractivity contribution in [1.82, 2.24) is 9.88 Å². The molecule has 1 saturated heterocycles. The van der Waals surface area contributed by atoms with Crippen LogP contribution >= 0.6 is 0 Å². The first-order chi connectivity index (χ1) is 9.69. The Morgan fingerprint density at radius 2 is 2.10 bits per heavy atom. The van der Waals surface area contributed by atoms with Crippen molar-refractivity contribution in [3.05, 3.63) is 30.1 Å². The smallest absolute Gasteiger partial charge is 0.141 e. The Kier molecular flexibility index (Phi) is 5.56. The van der Waals surface area contributed by atoms with Gasteiger partial charge in [0, 0.05) is 11.7 Å². The number of likely N-dealkylation sites (tertiary alicyclic amines) is 1. The van der Waals surface area contributed by atoms with E-state index in [-0.39, 0.29) is 5.75 Å². The fraction of sp³-hybridized carbons (Fsp3) is 0.562. The van der Waals surface area contributed by atoms with Gasteiger partial charge in [-0.05, 0) is 69.9 Å². The Labute approximate surface area is 121 Å². The number of aromatic hydroxyl groups is 1. The summed E-state index contributed by atoms with van der Waals surface area (Å²) in [6, 6.07) is 4.00. The Hall–Kier alpha value is -1.39. The average molecular weight is 275 g/mol. The summed E-state index contributed by atoms with van der Waals surface area (Å²) < 4.78 is 0. The number of hydrogen-bond acceptors (Lipinski definition) is 4. The van der Waals surface area contributed by atoms with Crippen LogP contribution in [0.1, 0.15) is 37.1 Å². The van der Waals surface area contributed by atoms with Gasteiger partial charge in [0.2, 0.25) is 0 Å². The van der Waals surface area contributed by atoms with Crippen LogP contribution in [0.2, 0.25) is 0 Å². The Morgan fingerprint density at radius 3 is 2.80 bits per heavy atom. The lowest BCUT2D eigenvalue weighted by Gasteiger charge is -2.29. The fourth-order valence-electron chi connectivity index (χ4n) is 2.62. The number of nitrogens with zero attached hydrogens (tertiary/aromatic N) is 2. The number of aryl methyl sites for hydroxylation is 1. The van der Waals surface area contributed by atoms with E-state index in [1.165, 1.54) is 6.42 Å². The molecule has 0 atom stereocenters. The van der Waals surface area contributed by atoms with E-state index >= 15 is 0 Å². The van der Waals surface area contributed by atoms with E-state index in [9.17, 15) is 5.11 Å². The highest BCUT2D eigenvalue weighted by molar-refractivity contribution is 5.50. The van der Waals surface area contributed by atoms with Crippen LogP contribution in [0.25, 0.3) is 6.08 Å². The molecular formula is C16H25N3O. The summed E-state index contributed by atoms with van der Waals surface area (Å²) in [5, 5.41) is 9.55. The molecule has 2 rings (SSSR count). The number of unbranched alkanes of at least 4 members (excludes halogenated alkanes) is 1. The van der Waals surface area contributed by atoms with Gasteiger partial charge in [-0.25, -0.2) is 4.98 Å². The van der Waals surface area contributed by atoms with Crippen LogP contribution in [-0.2, 0) is 6.42 Å². The zero-order valence-electron chi connectivity index (χ0n) is 12.1. The van der Waals surface area contributed by atoms with Gasteiger partial charge in [-0.15, -0.1) is 0 Å². The highest BCUT2D eigenvalue weighted by Crippen LogP contribution is 2.17. The number of pyridine rings is 1. The van der Waals surface area contributed by atoms with Gasteiger partial charge in [0.15, 0.2) is 0 Å². The molecule has 0 bridgehead atoms. The summed E-state index contributed by atoms with van der Waals surface area (Å²) in [5.41, 5.74) is 7.51. The molecule has 0 radical (unpaired) electrons. The monoisotopic (exact) mass is 275 g/mol. The number of hydrogen-bond donors (Lipinski definition) is 2. The van der Waals surface area contributed by atoms with Gasteiger partial charge in [0.05, 0.1) is 0 Å². The first kappa shape index (κ1) is 15.0. The van der Waals surface area contributed by atoms with E-state index in [2.05, 4.69) is 16.5 Å². The normalized spacial score (nSPS) is 17.2. The van der Waals surface area contributed by atoms with Crippen LogP contribution in [0.3, 0.4) is 0 Å². The second-order valence-corrected chi connectivity index (χ2v) is 5.55. The van der Waals surface area contributed by atoms with Crippen molar-refractivity contribution in [2.75, 3.05) is 19.6 Å². The van der Waals surface area contributed by atoms with E-state index in [0.29, 0.717) is 11.7 Å². The van der Waals surface area contributed by atoms with E-state index in [4.69, 9.17) is 5.73 Å². The van der Waals surface area contributed by atoms with Gasteiger partial charge in [-0.3, -0.25) is 0 Å². The molecule has 1 aliphatic rings. The molecule has 0 aliphatic carbocycles. The molecule has 110 valence electrons. The minimum atomic E-state index is 0.202. The van der Waals surface area contributed by atoms with Crippen molar-refractivity contribution in [2.45, 2.75) is 38.1 Å². The van der Waals surface area contributed by atoms with Gasteiger partial charge in [-0.1, -0.05) is 6.58 Å². The average Bonchev–Trinajstić information content (AvgIpc) is 2.47. The topological polar surface area (TPSA) is 62.4 Å². The summed E-state index contributed by atoms with van der Waals surface area (Å²) in [7, 11) is 0. The van der Waals surface area contributed by atoms with Gasteiger partial charge < -0.3 is 15.7 Å². The van der Waals surface area contributed by atoms with Crippen LogP contribution < -0.4 is 5.73 Å². The van der Waals surface area contributed by atoms with Gasteiger partial charge >= 0.3 is 0 Å². The minimum Gasteiger partial charge on any atom is -0.506 e. The van der Waals surface area contributed by atoms with Crippen molar-refractivity contribution in [1.29, 1.82) is 0 Å². The number of piperidine rings is 1. The van der Waals surface area contributed by atoms with Crippen molar-refractivity contribution in [3.63, 3.8) is 0 Å². The molecule has 1 fully saturated rings. The van der Waals surface area contributed by atoms with E-state index < -0.39 is 0 Å². The first-order valence-corrected chi connectivity index (χ1v) is 7.48. The molecule has 0 saturated carbocycles. The molecule has 1 aromatic heterocycles. The Morgan fingerprint density at radius 1 is 1.35 bits per heavy atom. The maximum absolute atomic E-state index is 9.55. The lowest BCUT2D eigenvalue weighted by atomic mass is 10.1. The number of rotatable bonds is 6. The van der Waals surface area contributed by atoms with Crippen molar-refractivity contribution in [3.8, 4) is 5.75 Å². The molecule has 4 nitrogen and oxygen atoms in total. The highest BCUT2D eigenvalue weighted by Gasteiger charge is 2.15. The summed E-state index contributed by atoms with van der Waals surface area (Å²) in [6.07, 6.45) is 7.10. The lowest BCUT2D eigenvalue weighted by Crippen LogP contribution is -2.40. The highest BCUT2D eigenvalue weighted by atomic mass is 16.3. The van der Waals surface area contributed by atoms with Crippen LogP contribution in [0, 0.1) is 0 Å². The second kappa shape index (κ2) is 7.41. The molecule has 3 N–H and O–H groups in total. The predicted molar refractivity (Wildman–Crippen MR) is 82.6 cm³/mol. The Balaban J connectivity index is 1.69. The summed E-state index contributed by atoms with van der Waals surface area (Å²) in [4.78, 5) is 6.89. The fourth-order valence-corrected chi connectivity index (χ4v) is 2.62. The third kappa shape index (κ3) is 4.32. The lowest BCUT2D eigenvalue weighted by molar-refractivity contribution is 0.210. The predicted octanol–water partition coefficient (Wildman–Crippen LogP) is 2.18. The molecule has 20 heavy (non-hydrogen) atoms. The summed E-state index contributed by atoms with van der Waals surface area (Å²) >= 11 is 0. The zero-order chi connectivity index (χ0) is 14.4. The van der Waals surface area contributed by atoms with Crippen molar-refractivity contribution < 1.29 is 5.11 Å². The molecule has 1 aromatic rings. The van der Waals surface area contributed by atoms with Crippen molar-refractivity contribution >= 4 is 6.08 Å². The maximum Gasteiger partial charge on any atom is 0.141 e. The third-order valence-corrected chi connectivity index (χ3v) is 3.94. The maximum atomic E-state index is 9.55. The van der Waals surface area contributed by atoms with Crippen molar-refractivity contribution in [2.24, 2.45) is 5.73 Å². The van der Waals surface area contributed by atoms with Gasteiger partial charge in [0.25, 0.3) is 0 Å². The van der Waals surface area contributed by atoms with Crippen LogP contribution in [0.4, 0.5) is 0 Å². The molecule has 0 amide bonds. The number of aromatic nitrogens is 1. The summed E-state index contributed by atoms with van der Waals surface area (Å²) in [5.74, 6) is 0.202. The van der Waals surface area contributed by atoms with E-state index in [0.717, 1.165) is 51.0 Å². The van der Waals surface area contributed by atoms with E-state index in [1.54, 1.807) is 12.1 Å². The van der Waals surface area contributed by atoms with E-state index in [1.807, 2.05) is 6.07 Å². The molecule has 0 spiro atoms. The third-order valence-electron chi connectivity index (χ3n) is 3.94. The number of nitrogens with two attached hydrogens (primary N) is 1. The molecular weight excluding hydrogens is 250 g/mol. The van der Waals surface area contributed by atoms with Gasteiger partial charge in [0.1, 0.15) is 11.4 Å². The largest absolute Gasteiger partial charge is 0.506 e. The molecule has 0 unspecified atom stereocenters. The molecule has 1 aliphatic heterocycles. The summed E-state index contributed by atoms with van der Waals surface area (Å²) in [6.45, 7) is 7.09. The first-order valence-electron chi connectivity index (χ1n) is 7.48. The Bertz CT molecular complexity index is 439. The standard InChI is InChI=1S/C16H25N3O/c1-2-15-16(20)7-6-14(18-15)5-3-4-10-19-11-8-13(17)9-12-19/h2,6-7,13,20H,1,3-5,8-12,17H2. The quantitative estimate of drug-likeness (QED) is 0.781. The van der Waals surface area contributed by atoms with Crippen LogP contribution in [-0.4, -0.2) is 40.7 Å². The zero-order valence-corrected chi connectivity index (χ0v) is 12.1. The van der Waals surface area contributed by atoms with Crippen LogP contribution in [0.5, 0.6) is 5.75 Å². The minimum absolute atomic E-state index is 0.202. The molecule has 0 aromatic carbocycles. The van der Waals surface area contributed by atoms with Gasteiger partial charge in [-0.2, -0.15) is 0 Å². The SMILES string of the molecule is C=Cc1nc(CCCCN2CCC(N)CC2)ccc1O. The van der Waals surface area contributed by atoms with Crippen LogP contribution in [0.15, 0.2) is 18.7 Å².